The molecule has 6 heteroatoms. The Morgan fingerprint density at radius 2 is 1.40 bits per heavy atom. The standard InChI is InChI=1S/C19H32O4SSi/c1-14(2)25(15(3)4,16(5)6)23-17(7)19(13-22-19)24(20,21)18-11-9-8-10-12-18/h8-12,14-17H,13H2,1-7H3/t17-,19+/m0/s1. The molecule has 25 heavy (non-hydrogen) atoms. The van der Waals surface area contributed by atoms with Crippen molar-refractivity contribution in [1.29, 1.82) is 0 Å². The zero-order valence-electron chi connectivity index (χ0n) is 16.4. The van der Waals surface area contributed by atoms with Crippen molar-refractivity contribution in [3.8, 4) is 0 Å². The molecule has 0 bridgehead atoms. The molecule has 1 aliphatic heterocycles. The number of benzene rings is 1. The summed E-state index contributed by atoms with van der Waals surface area (Å²) in [4.78, 5) is -0.945. The molecule has 1 saturated heterocycles. The fraction of sp³-hybridized carbons (Fsp3) is 0.684. The summed E-state index contributed by atoms with van der Waals surface area (Å²) in [5.74, 6) is 0. The summed E-state index contributed by atoms with van der Waals surface area (Å²) in [6, 6.07) is 8.55. The predicted octanol–water partition coefficient (Wildman–Crippen LogP) is 4.77. The van der Waals surface area contributed by atoms with E-state index in [2.05, 4.69) is 41.5 Å². The van der Waals surface area contributed by atoms with E-state index in [9.17, 15) is 8.42 Å². The van der Waals surface area contributed by atoms with Crippen molar-refractivity contribution in [2.75, 3.05) is 6.61 Å². The second kappa shape index (κ2) is 7.14. The molecule has 1 aliphatic rings. The van der Waals surface area contributed by atoms with Crippen molar-refractivity contribution in [3.05, 3.63) is 30.3 Å². The van der Waals surface area contributed by atoms with E-state index >= 15 is 0 Å². The maximum Gasteiger partial charge on any atom is 0.221 e. The molecule has 1 fully saturated rings. The minimum atomic E-state index is -3.60. The summed E-state index contributed by atoms with van der Waals surface area (Å²) >= 11 is 0. The van der Waals surface area contributed by atoms with Crippen molar-refractivity contribution in [2.24, 2.45) is 0 Å². The van der Waals surface area contributed by atoms with Crippen LogP contribution in [0.3, 0.4) is 0 Å². The highest BCUT2D eigenvalue weighted by atomic mass is 32.2. The van der Waals surface area contributed by atoms with Gasteiger partial charge in [0.1, 0.15) is 0 Å². The van der Waals surface area contributed by atoms with E-state index < -0.39 is 29.2 Å². The molecule has 0 aromatic heterocycles. The number of hydrogen-bond acceptors (Lipinski definition) is 4. The maximum atomic E-state index is 13.2. The summed E-state index contributed by atoms with van der Waals surface area (Å²) in [5, 5.41) is 0. The SMILES string of the molecule is CC(C)[Si](O[C@@H](C)[C@]1(S(=O)(=O)c2ccccc2)CO1)(C(C)C)C(C)C. The summed E-state index contributed by atoms with van der Waals surface area (Å²) in [5.41, 5.74) is 1.18. The fourth-order valence-corrected chi connectivity index (χ4v) is 11.8. The van der Waals surface area contributed by atoms with Crippen LogP contribution in [0.4, 0.5) is 0 Å². The molecule has 1 aromatic carbocycles. The van der Waals surface area contributed by atoms with Crippen molar-refractivity contribution in [3.63, 3.8) is 0 Å². The number of epoxide rings is 1. The smallest absolute Gasteiger partial charge is 0.221 e. The first-order valence-corrected chi connectivity index (χ1v) is 12.8. The molecule has 1 heterocycles. The van der Waals surface area contributed by atoms with Crippen LogP contribution in [0.15, 0.2) is 35.2 Å². The Kier molecular flexibility index (Phi) is 5.89. The molecule has 4 nitrogen and oxygen atoms in total. The molecule has 1 aromatic rings. The lowest BCUT2D eigenvalue weighted by atomic mass is 10.3. The zero-order valence-corrected chi connectivity index (χ0v) is 18.3. The van der Waals surface area contributed by atoms with Crippen molar-refractivity contribution in [1.82, 2.24) is 0 Å². The molecule has 0 saturated carbocycles. The largest absolute Gasteiger partial charge is 0.409 e. The van der Waals surface area contributed by atoms with Gasteiger partial charge in [-0.2, -0.15) is 0 Å². The average Bonchev–Trinajstić information content (AvgIpc) is 3.34. The van der Waals surface area contributed by atoms with Crippen LogP contribution in [-0.4, -0.2) is 34.4 Å². The van der Waals surface area contributed by atoms with Gasteiger partial charge in [0.05, 0.1) is 17.6 Å². The fourth-order valence-electron chi connectivity index (χ4n) is 4.28. The maximum absolute atomic E-state index is 13.2. The van der Waals surface area contributed by atoms with Gasteiger partial charge in [0.15, 0.2) is 0 Å². The third-order valence-corrected chi connectivity index (χ3v) is 14.2. The molecule has 0 amide bonds. The topological polar surface area (TPSA) is 55.9 Å². The highest BCUT2D eigenvalue weighted by Crippen LogP contribution is 2.48. The van der Waals surface area contributed by atoms with Gasteiger partial charge in [0.2, 0.25) is 23.1 Å². The van der Waals surface area contributed by atoms with Gasteiger partial charge in [-0.3, -0.25) is 0 Å². The monoisotopic (exact) mass is 384 g/mol. The van der Waals surface area contributed by atoms with E-state index in [1.54, 1.807) is 24.3 Å². The summed E-state index contributed by atoms with van der Waals surface area (Å²) in [6.45, 7) is 15.3. The quantitative estimate of drug-likeness (QED) is 0.479. The Morgan fingerprint density at radius 1 is 0.960 bits per heavy atom. The normalized spacial score (nSPS) is 22.6. The van der Waals surface area contributed by atoms with Crippen molar-refractivity contribution in [2.45, 2.75) is 81.0 Å². The Labute approximate surface area is 154 Å². The van der Waals surface area contributed by atoms with E-state index in [-0.39, 0.29) is 6.61 Å². The van der Waals surface area contributed by atoms with Crippen LogP contribution in [0.25, 0.3) is 0 Å². The van der Waals surface area contributed by atoms with Crippen LogP contribution in [-0.2, 0) is 19.0 Å². The van der Waals surface area contributed by atoms with Crippen LogP contribution in [0.5, 0.6) is 0 Å². The lowest BCUT2D eigenvalue weighted by molar-refractivity contribution is 0.133. The van der Waals surface area contributed by atoms with E-state index in [0.29, 0.717) is 21.5 Å². The lowest BCUT2D eigenvalue weighted by Crippen LogP contribution is -2.53. The van der Waals surface area contributed by atoms with E-state index in [1.165, 1.54) is 0 Å². The molecule has 142 valence electrons. The highest BCUT2D eigenvalue weighted by molar-refractivity contribution is 7.93. The molecular weight excluding hydrogens is 352 g/mol. The van der Waals surface area contributed by atoms with Crippen LogP contribution in [0, 0.1) is 0 Å². The van der Waals surface area contributed by atoms with Crippen LogP contribution < -0.4 is 0 Å². The first-order valence-electron chi connectivity index (χ1n) is 9.13. The van der Waals surface area contributed by atoms with Gasteiger partial charge in [-0.1, -0.05) is 59.7 Å². The van der Waals surface area contributed by atoms with Gasteiger partial charge in [-0.15, -0.1) is 0 Å². The van der Waals surface area contributed by atoms with Gasteiger partial charge in [0.25, 0.3) is 0 Å². The summed E-state index contributed by atoms with van der Waals surface area (Å²) < 4.78 is 38.6. The molecule has 2 rings (SSSR count). The van der Waals surface area contributed by atoms with Crippen molar-refractivity contribution >= 4 is 18.2 Å². The van der Waals surface area contributed by atoms with E-state index in [4.69, 9.17) is 9.16 Å². The molecule has 2 atom stereocenters. The Morgan fingerprint density at radius 3 is 1.76 bits per heavy atom. The van der Waals surface area contributed by atoms with Crippen LogP contribution in [0.1, 0.15) is 48.5 Å². The van der Waals surface area contributed by atoms with Crippen LogP contribution in [0.2, 0.25) is 16.6 Å². The van der Waals surface area contributed by atoms with Crippen molar-refractivity contribution < 1.29 is 17.6 Å². The first-order chi connectivity index (χ1) is 11.5. The number of hydrogen-bond donors (Lipinski definition) is 0. The van der Waals surface area contributed by atoms with E-state index in [0.717, 1.165) is 0 Å². The van der Waals surface area contributed by atoms with Gasteiger partial charge in [-0.25, -0.2) is 8.42 Å². The number of ether oxygens (including phenoxy) is 1. The second-order valence-electron chi connectivity index (χ2n) is 7.99. The molecule has 0 radical (unpaired) electrons. The van der Waals surface area contributed by atoms with Gasteiger partial charge in [0, 0.05) is 0 Å². The Bertz CT molecular complexity index is 657. The van der Waals surface area contributed by atoms with E-state index in [1.807, 2.05) is 13.0 Å². The number of sulfone groups is 1. The van der Waals surface area contributed by atoms with Gasteiger partial charge in [-0.05, 0) is 35.7 Å². The van der Waals surface area contributed by atoms with Gasteiger partial charge >= 0.3 is 0 Å². The number of rotatable bonds is 8. The minimum Gasteiger partial charge on any atom is -0.409 e. The zero-order chi connectivity index (χ0) is 19.0. The lowest BCUT2D eigenvalue weighted by Gasteiger charge is -2.44. The predicted molar refractivity (Wildman–Crippen MR) is 104 cm³/mol. The molecular formula is C19H32O4SSi. The minimum absolute atomic E-state index is 0.199. The third-order valence-electron chi connectivity index (χ3n) is 5.64. The first kappa shape index (κ1) is 20.6. The average molecular weight is 385 g/mol. The summed E-state index contributed by atoms with van der Waals surface area (Å²) in [6.07, 6.45) is -0.489. The Hall–Kier alpha value is -0.693. The molecule has 0 N–H and O–H groups in total. The highest BCUT2D eigenvalue weighted by Gasteiger charge is 2.64. The second-order valence-corrected chi connectivity index (χ2v) is 15.6. The Balaban J connectivity index is 2.38. The summed E-state index contributed by atoms with van der Waals surface area (Å²) in [7, 11) is -5.79. The van der Waals surface area contributed by atoms with Crippen LogP contribution >= 0.6 is 0 Å². The molecule has 0 spiro atoms. The molecule has 0 unspecified atom stereocenters. The van der Waals surface area contributed by atoms with Gasteiger partial charge < -0.3 is 9.16 Å². The third kappa shape index (κ3) is 3.34. The molecule has 0 aliphatic carbocycles.